The van der Waals surface area contributed by atoms with E-state index < -0.39 is 24.6 Å². The van der Waals surface area contributed by atoms with E-state index in [1.165, 1.54) is 0 Å². The summed E-state index contributed by atoms with van der Waals surface area (Å²) in [6, 6.07) is 0. The highest BCUT2D eigenvalue weighted by Crippen LogP contribution is 1.87. The predicted octanol–water partition coefficient (Wildman–Crippen LogP) is 1.45. The minimum atomic E-state index is -3.67. The van der Waals surface area contributed by atoms with E-state index in [2.05, 4.69) is 0 Å². The van der Waals surface area contributed by atoms with Gasteiger partial charge in [-0.2, -0.15) is 13.2 Å². The molecule has 3 N–H and O–H groups in total. The first-order valence-corrected chi connectivity index (χ1v) is 3.44. The molecule has 0 aliphatic heterocycles. The van der Waals surface area contributed by atoms with Crippen molar-refractivity contribution >= 4 is 17.9 Å². The number of carboxylic acid groups (broad SMARTS) is 3. The van der Waals surface area contributed by atoms with Crippen molar-refractivity contribution in [1.29, 1.82) is 0 Å². The van der Waals surface area contributed by atoms with Crippen LogP contribution in [0, 0.1) is 0 Å². The number of carboxylic acids is 3. The SMILES string of the molecule is CC(=O)O.CC(=O)O.CC(=O)O.FC(F)F. The lowest BCUT2D eigenvalue weighted by Crippen LogP contribution is -1.78. The molecule has 0 bridgehead atoms. The lowest BCUT2D eigenvalue weighted by molar-refractivity contribution is -0.135. The van der Waals surface area contributed by atoms with E-state index >= 15 is 0 Å². The largest absolute Gasteiger partial charge is 0.481 e. The zero-order valence-electron chi connectivity index (χ0n) is 8.78. The van der Waals surface area contributed by atoms with Gasteiger partial charge in [0.2, 0.25) is 0 Å². The van der Waals surface area contributed by atoms with E-state index in [0.717, 1.165) is 20.8 Å². The van der Waals surface area contributed by atoms with Gasteiger partial charge in [-0.05, 0) is 0 Å². The molecule has 0 fully saturated rings. The average Bonchev–Trinajstić information content (AvgIpc) is 1.76. The maximum absolute atomic E-state index is 9.67. The van der Waals surface area contributed by atoms with Crippen LogP contribution in [0.25, 0.3) is 0 Å². The Morgan fingerprint density at radius 2 is 0.750 bits per heavy atom. The fourth-order valence-corrected chi connectivity index (χ4v) is 0. The Morgan fingerprint density at radius 3 is 0.750 bits per heavy atom. The van der Waals surface area contributed by atoms with E-state index in [1.54, 1.807) is 0 Å². The van der Waals surface area contributed by atoms with Crippen LogP contribution < -0.4 is 0 Å². The summed E-state index contributed by atoms with van der Waals surface area (Å²) in [4.78, 5) is 27.0. The highest BCUT2D eigenvalue weighted by Gasteiger charge is 1.86. The Hall–Kier alpha value is -1.80. The van der Waals surface area contributed by atoms with E-state index in [0.29, 0.717) is 0 Å². The molecule has 0 radical (unpaired) electrons. The van der Waals surface area contributed by atoms with Gasteiger partial charge in [0.25, 0.3) is 17.9 Å². The van der Waals surface area contributed by atoms with Crippen LogP contribution in [0.3, 0.4) is 0 Å². The van der Waals surface area contributed by atoms with Crippen molar-refractivity contribution < 1.29 is 42.9 Å². The molecule has 0 aliphatic rings. The molecule has 0 amide bonds. The zero-order chi connectivity index (χ0) is 14.3. The zero-order valence-corrected chi connectivity index (χ0v) is 8.78. The molecule has 0 atom stereocenters. The number of alkyl halides is 3. The molecular formula is C7H13F3O6. The van der Waals surface area contributed by atoms with Crippen molar-refractivity contribution in [2.75, 3.05) is 0 Å². The maximum atomic E-state index is 9.67. The Balaban J connectivity index is -0.0000000600. The average molecular weight is 250 g/mol. The molecule has 6 nitrogen and oxygen atoms in total. The van der Waals surface area contributed by atoms with Crippen molar-refractivity contribution in [3.05, 3.63) is 0 Å². The first-order valence-electron chi connectivity index (χ1n) is 3.44. The van der Waals surface area contributed by atoms with Crippen molar-refractivity contribution in [2.45, 2.75) is 27.5 Å². The third-order valence-corrected chi connectivity index (χ3v) is 0. The van der Waals surface area contributed by atoms with Gasteiger partial charge in [-0.15, -0.1) is 0 Å². The van der Waals surface area contributed by atoms with E-state index in [4.69, 9.17) is 29.7 Å². The minimum Gasteiger partial charge on any atom is -0.481 e. The van der Waals surface area contributed by atoms with Gasteiger partial charge >= 0.3 is 6.68 Å². The summed E-state index contributed by atoms with van der Waals surface area (Å²) in [5.74, 6) is -2.50. The van der Waals surface area contributed by atoms with Gasteiger partial charge in [0.1, 0.15) is 0 Å². The van der Waals surface area contributed by atoms with Gasteiger partial charge in [0.15, 0.2) is 0 Å². The minimum absolute atomic E-state index is 0.833. The van der Waals surface area contributed by atoms with E-state index in [1.807, 2.05) is 0 Å². The van der Waals surface area contributed by atoms with Crippen LogP contribution in [0.15, 0.2) is 0 Å². The van der Waals surface area contributed by atoms with Crippen LogP contribution in [0.2, 0.25) is 0 Å². The lowest BCUT2D eigenvalue weighted by Gasteiger charge is -1.65. The number of carbonyl (C=O) groups is 3. The summed E-state index contributed by atoms with van der Waals surface area (Å²) >= 11 is 0. The highest BCUT2D eigenvalue weighted by molar-refractivity contribution is 5.63. The standard InChI is InChI=1S/3C2H4O2.CHF3/c3*1-2(3)4;2-1(3)4/h3*1H3,(H,3,4);1H. The molecule has 0 aliphatic carbocycles. The molecule has 0 saturated carbocycles. The summed E-state index contributed by atoms with van der Waals surface area (Å²) in [5, 5.41) is 22.2. The number of hydrogen-bond acceptors (Lipinski definition) is 3. The van der Waals surface area contributed by atoms with Gasteiger partial charge in [-0.25, -0.2) is 0 Å². The summed E-state index contributed by atoms with van der Waals surface area (Å²) in [6.07, 6.45) is 0. The smallest absolute Gasteiger partial charge is 0.379 e. The maximum Gasteiger partial charge on any atom is 0.379 e. The first-order chi connectivity index (χ1) is 6.93. The second kappa shape index (κ2) is 18.9. The molecule has 98 valence electrons. The molecule has 9 heteroatoms. The fraction of sp³-hybridized carbons (Fsp3) is 0.571. The molecule has 16 heavy (non-hydrogen) atoms. The van der Waals surface area contributed by atoms with Crippen LogP contribution in [0.5, 0.6) is 0 Å². The number of rotatable bonds is 0. The predicted molar refractivity (Wildman–Crippen MR) is 47.0 cm³/mol. The summed E-state index contributed by atoms with van der Waals surface area (Å²) < 4.78 is 29.0. The van der Waals surface area contributed by atoms with Crippen LogP contribution in [-0.4, -0.2) is 39.9 Å². The topological polar surface area (TPSA) is 112 Å². The van der Waals surface area contributed by atoms with Gasteiger partial charge in [0.05, 0.1) is 0 Å². The molecule has 0 aromatic heterocycles. The first kappa shape index (κ1) is 23.8. The molecule has 0 rings (SSSR count). The number of halogens is 3. The molecule has 0 heterocycles. The van der Waals surface area contributed by atoms with Gasteiger partial charge in [-0.3, -0.25) is 14.4 Å². The van der Waals surface area contributed by atoms with Gasteiger partial charge < -0.3 is 15.3 Å². The van der Waals surface area contributed by atoms with Gasteiger partial charge in [-0.1, -0.05) is 0 Å². The van der Waals surface area contributed by atoms with Crippen LogP contribution in [0.4, 0.5) is 13.2 Å². The highest BCUT2D eigenvalue weighted by atomic mass is 19.4. The molecule has 0 saturated heterocycles. The summed E-state index contributed by atoms with van der Waals surface area (Å²) in [6.45, 7) is -0.417. The number of hydrogen-bond donors (Lipinski definition) is 3. The Bertz CT molecular complexity index is 151. The quantitative estimate of drug-likeness (QED) is 0.599. The van der Waals surface area contributed by atoms with Gasteiger partial charge in [0, 0.05) is 20.8 Å². The normalized spacial score (nSPS) is 6.94. The van der Waals surface area contributed by atoms with Crippen LogP contribution >= 0.6 is 0 Å². The second-order valence-corrected chi connectivity index (χ2v) is 1.80. The van der Waals surface area contributed by atoms with Crippen molar-refractivity contribution in [2.24, 2.45) is 0 Å². The van der Waals surface area contributed by atoms with Crippen LogP contribution in [-0.2, 0) is 14.4 Å². The Morgan fingerprint density at radius 1 is 0.750 bits per heavy atom. The molecular weight excluding hydrogens is 237 g/mol. The van der Waals surface area contributed by atoms with Crippen molar-refractivity contribution in [3.63, 3.8) is 0 Å². The summed E-state index contributed by atoms with van der Waals surface area (Å²) in [7, 11) is 0. The second-order valence-electron chi connectivity index (χ2n) is 1.80. The third kappa shape index (κ3) is 472. The third-order valence-electron chi connectivity index (χ3n) is 0. The number of aliphatic carboxylic acids is 3. The van der Waals surface area contributed by atoms with E-state index in [-0.39, 0.29) is 0 Å². The van der Waals surface area contributed by atoms with Crippen LogP contribution in [0.1, 0.15) is 20.8 Å². The Labute approximate surface area is 89.3 Å². The fourth-order valence-electron chi connectivity index (χ4n) is 0. The van der Waals surface area contributed by atoms with Crippen molar-refractivity contribution in [1.82, 2.24) is 0 Å². The Kier molecular flexibility index (Phi) is 28.1. The molecule has 0 unspecified atom stereocenters. The summed E-state index contributed by atoms with van der Waals surface area (Å²) in [5.41, 5.74) is 0. The van der Waals surface area contributed by atoms with Crippen molar-refractivity contribution in [3.8, 4) is 0 Å². The monoisotopic (exact) mass is 250 g/mol. The molecule has 0 aromatic carbocycles. The molecule has 0 spiro atoms. The van der Waals surface area contributed by atoms with E-state index in [9.17, 15) is 13.2 Å². The lowest BCUT2D eigenvalue weighted by atomic mass is 10.9. The molecule has 0 aromatic rings.